The molecular formula is C20H25NO3S. The SMILES string of the molecule is C=CC(=O)OCCCCCCCSc1cc(=O)n(C)c2ccccc12. The van der Waals surface area contributed by atoms with Crippen LogP contribution in [-0.4, -0.2) is 22.9 Å². The van der Waals surface area contributed by atoms with Gasteiger partial charge in [-0.15, -0.1) is 11.8 Å². The standard InChI is InChI=1S/C20H25NO3S/c1-3-20(23)24-13-9-5-4-6-10-14-25-18-15-19(22)21(2)17-12-8-7-11-16(17)18/h3,7-8,11-12,15H,1,4-6,9-10,13-14H2,2H3. The van der Waals surface area contributed by atoms with Crippen molar-refractivity contribution in [2.45, 2.75) is 37.0 Å². The number of hydrogen-bond acceptors (Lipinski definition) is 4. The topological polar surface area (TPSA) is 48.3 Å². The van der Waals surface area contributed by atoms with E-state index in [0.717, 1.165) is 53.7 Å². The van der Waals surface area contributed by atoms with E-state index in [9.17, 15) is 9.59 Å². The maximum Gasteiger partial charge on any atom is 0.330 e. The number of carbonyl (C=O) groups is 1. The number of ether oxygens (including phenoxy) is 1. The normalized spacial score (nSPS) is 10.8. The summed E-state index contributed by atoms with van der Waals surface area (Å²) >= 11 is 1.75. The molecule has 134 valence electrons. The van der Waals surface area contributed by atoms with E-state index in [1.54, 1.807) is 22.4 Å². The molecule has 0 saturated heterocycles. The highest BCUT2D eigenvalue weighted by atomic mass is 32.2. The first-order chi connectivity index (χ1) is 12.1. The number of rotatable bonds is 10. The molecule has 1 aromatic heterocycles. The Bertz CT molecular complexity index is 782. The van der Waals surface area contributed by atoms with Crippen molar-refractivity contribution in [2.24, 2.45) is 7.05 Å². The number of benzene rings is 1. The molecule has 1 aromatic carbocycles. The molecule has 0 aliphatic carbocycles. The third-order valence-corrected chi connectivity index (χ3v) is 5.21. The summed E-state index contributed by atoms with van der Waals surface area (Å²) in [6, 6.07) is 9.77. The molecule has 0 atom stereocenters. The van der Waals surface area contributed by atoms with Crippen LogP contribution in [0.5, 0.6) is 0 Å². The predicted octanol–water partition coefficient (Wildman–Crippen LogP) is 4.31. The summed E-state index contributed by atoms with van der Waals surface area (Å²) in [4.78, 5) is 24.0. The van der Waals surface area contributed by atoms with Crippen molar-refractivity contribution in [3.05, 3.63) is 53.3 Å². The molecule has 0 bridgehead atoms. The summed E-state index contributed by atoms with van der Waals surface area (Å²) < 4.78 is 6.64. The lowest BCUT2D eigenvalue weighted by molar-refractivity contribution is -0.137. The van der Waals surface area contributed by atoms with Gasteiger partial charge in [0.1, 0.15) is 0 Å². The van der Waals surface area contributed by atoms with Crippen LogP contribution >= 0.6 is 11.8 Å². The molecule has 2 rings (SSSR count). The Labute approximate surface area is 152 Å². The maximum absolute atomic E-state index is 12.1. The minimum absolute atomic E-state index is 0.0373. The number of pyridine rings is 1. The first kappa shape index (κ1) is 19.3. The van der Waals surface area contributed by atoms with Crippen LogP contribution in [0.15, 0.2) is 52.7 Å². The van der Waals surface area contributed by atoms with Crippen LogP contribution in [0.4, 0.5) is 0 Å². The Morgan fingerprint density at radius 2 is 1.92 bits per heavy atom. The zero-order valence-corrected chi connectivity index (χ0v) is 15.5. The first-order valence-electron chi connectivity index (χ1n) is 8.64. The van der Waals surface area contributed by atoms with E-state index in [2.05, 4.69) is 12.6 Å². The number of para-hydroxylation sites is 1. The molecule has 0 aliphatic heterocycles. The number of carbonyl (C=O) groups excluding carboxylic acids is 1. The van der Waals surface area contributed by atoms with Gasteiger partial charge in [-0.2, -0.15) is 0 Å². The van der Waals surface area contributed by atoms with Crippen LogP contribution in [-0.2, 0) is 16.6 Å². The minimum Gasteiger partial charge on any atom is -0.463 e. The van der Waals surface area contributed by atoms with Gasteiger partial charge in [0.05, 0.1) is 12.1 Å². The molecule has 2 aromatic rings. The Kier molecular flexibility index (Phi) is 7.79. The Morgan fingerprint density at radius 1 is 1.20 bits per heavy atom. The second-order valence-electron chi connectivity index (χ2n) is 5.91. The molecule has 0 N–H and O–H groups in total. The highest BCUT2D eigenvalue weighted by Crippen LogP contribution is 2.27. The lowest BCUT2D eigenvalue weighted by Gasteiger charge is -2.09. The van der Waals surface area contributed by atoms with Gasteiger partial charge >= 0.3 is 5.97 Å². The molecule has 1 heterocycles. The van der Waals surface area contributed by atoms with Crippen molar-refractivity contribution in [1.29, 1.82) is 0 Å². The highest BCUT2D eigenvalue weighted by molar-refractivity contribution is 7.99. The Morgan fingerprint density at radius 3 is 2.72 bits per heavy atom. The van der Waals surface area contributed by atoms with Crippen LogP contribution in [0.3, 0.4) is 0 Å². The zero-order chi connectivity index (χ0) is 18.1. The number of hydrogen-bond donors (Lipinski definition) is 0. The minimum atomic E-state index is -0.349. The van der Waals surface area contributed by atoms with Gasteiger partial charge in [-0.25, -0.2) is 4.79 Å². The van der Waals surface area contributed by atoms with Crippen LogP contribution in [0.1, 0.15) is 32.1 Å². The maximum atomic E-state index is 12.1. The van der Waals surface area contributed by atoms with Crippen LogP contribution in [0.25, 0.3) is 10.9 Å². The number of unbranched alkanes of at least 4 members (excludes halogenated alkanes) is 4. The lowest BCUT2D eigenvalue weighted by atomic mass is 10.2. The quantitative estimate of drug-likeness (QED) is 0.274. The summed E-state index contributed by atoms with van der Waals surface area (Å²) in [5.74, 6) is 0.653. The summed E-state index contributed by atoms with van der Waals surface area (Å²) in [7, 11) is 1.81. The largest absolute Gasteiger partial charge is 0.463 e. The second-order valence-corrected chi connectivity index (χ2v) is 7.05. The van der Waals surface area contributed by atoms with Crippen molar-refractivity contribution in [3.8, 4) is 0 Å². The molecule has 0 unspecified atom stereocenters. The van der Waals surface area contributed by atoms with Gasteiger partial charge in [0.15, 0.2) is 0 Å². The van der Waals surface area contributed by atoms with E-state index in [0.29, 0.717) is 6.61 Å². The summed E-state index contributed by atoms with van der Waals surface area (Å²) in [6.07, 6.45) is 6.53. The van der Waals surface area contributed by atoms with E-state index in [-0.39, 0.29) is 11.5 Å². The number of aromatic nitrogens is 1. The molecule has 0 radical (unpaired) electrons. The monoisotopic (exact) mass is 359 g/mol. The average molecular weight is 359 g/mol. The summed E-state index contributed by atoms with van der Waals surface area (Å²) in [5, 5.41) is 1.14. The van der Waals surface area contributed by atoms with Crippen LogP contribution in [0.2, 0.25) is 0 Å². The number of fused-ring (bicyclic) bond motifs is 1. The molecule has 0 aliphatic rings. The van der Waals surface area contributed by atoms with Gasteiger partial charge in [0.25, 0.3) is 5.56 Å². The third kappa shape index (κ3) is 5.78. The van der Waals surface area contributed by atoms with Crippen LogP contribution in [0, 0.1) is 0 Å². The molecule has 5 heteroatoms. The highest BCUT2D eigenvalue weighted by Gasteiger charge is 2.06. The molecule has 0 saturated carbocycles. The van der Waals surface area contributed by atoms with Crippen molar-refractivity contribution < 1.29 is 9.53 Å². The van der Waals surface area contributed by atoms with Gasteiger partial charge in [0.2, 0.25) is 0 Å². The van der Waals surface area contributed by atoms with E-state index < -0.39 is 0 Å². The lowest BCUT2D eigenvalue weighted by Crippen LogP contribution is -2.16. The van der Waals surface area contributed by atoms with E-state index in [1.165, 1.54) is 6.08 Å². The van der Waals surface area contributed by atoms with Gasteiger partial charge in [0, 0.05) is 29.5 Å². The van der Waals surface area contributed by atoms with Gasteiger partial charge in [-0.3, -0.25) is 4.79 Å². The first-order valence-corrected chi connectivity index (χ1v) is 9.63. The van der Waals surface area contributed by atoms with Crippen molar-refractivity contribution in [1.82, 2.24) is 4.57 Å². The zero-order valence-electron chi connectivity index (χ0n) is 14.7. The molecule has 4 nitrogen and oxygen atoms in total. The predicted molar refractivity (Wildman–Crippen MR) is 104 cm³/mol. The van der Waals surface area contributed by atoms with Crippen molar-refractivity contribution in [3.63, 3.8) is 0 Å². The van der Waals surface area contributed by atoms with E-state index >= 15 is 0 Å². The smallest absolute Gasteiger partial charge is 0.330 e. The third-order valence-electron chi connectivity index (χ3n) is 4.07. The number of thioether (sulfide) groups is 1. The van der Waals surface area contributed by atoms with Crippen LogP contribution < -0.4 is 5.56 Å². The summed E-state index contributed by atoms with van der Waals surface area (Å²) in [5.41, 5.74) is 1.02. The molecule has 0 amide bonds. The fourth-order valence-electron chi connectivity index (χ4n) is 2.65. The Balaban J connectivity index is 1.72. The number of esters is 1. The van der Waals surface area contributed by atoms with Crippen molar-refractivity contribution in [2.75, 3.05) is 12.4 Å². The second kappa shape index (κ2) is 10.1. The van der Waals surface area contributed by atoms with Gasteiger partial charge < -0.3 is 9.30 Å². The molecule has 0 fully saturated rings. The molecule has 0 spiro atoms. The van der Waals surface area contributed by atoms with Crippen molar-refractivity contribution >= 4 is 28.6 Å². The fraction of sp³-hybridized carbons (Fsp3) is 0.400. The van der Waals surface area contributed by atoms with Gasteiger partial charge in [-0.05, 0) is 24.7 Å². The summed E-state index contributed by atoms with van der Waals surface area (Å²) in [6.45, 7) is 3.84. The molecular weight excluding hydrogens is 334 g/mol. The Hall–Kier alpha value is -2.01. The average Bonchev–Trinajstić information content (AvgIpc) is 2.63. The van der Waals surface area contributed by atoms with E-state index in [1.807, 2.05) is 25.2 Å². The number of nitrogens with zero attached hydrogens (tertiary/aromatic N) is 1. The fourth-order valence-corrected chi connectivity index (χ4v) is 3.73. The molecule has 25 heavy (non-hydrogen) atoms. The number of aryl methyl sites for hydroxylation is 1. The van der Waals surface area contributed by atoms with Gasteiger partial charge in [-0.1, -0.05) is 44.0 Å². The van der Waals surface area contributed by atoms with E-state index in [4.69, 9.17) is 4.74 Å².